The van der Waals surface area contributed by atoms with E-state index in [9.17, 15) is 4.79 Å². The van der Waals surface area contributed by atoms with Crippen LogP contribution in [-0.2, 0) is 6.54 Å². The third-order valence-corrected chi connectivity index (χ3v) is 3.20. The molecular formula is C18H18ClNO2. The second-order valence-corrected chi connectivity index (χ2v) is 5.52. The predicted molar refractivity (Wildman–Crippen MR) is 89.4 cm³/mol. The molecule has 2 aromatic rings. The summed E-state index contributed by atoms with van der Waals surface area (Å²) in [5.41, 5.74) is 2.48. The predicted octanol–water partition coefficient (Wildman–Crippen LogP) is 4.22. The van der Waals surface area contributed by atoms with E-state index in [2.05, 4.69) is 11.9 Å². The smallest absolute Gasteiger partial charge is 0.251 e. The van der Waals surface area contributed by atoms with Crippen molar-refractivity contribution in [2.24, 2.45) is 0 Å². The zero-order valence-corrected chi connectivity index (χ0v) is 13.2. The van der Waals surface area contributed by atoms with Crippen molar-refractivity contribution in [2.75, 3.05) is 6.61 Å². The molecule has 4 heteroatoms. The van der Waals surface area contributed by atoms with Crippen molar-refractivity contribution in [3.63, 3.8) is 0 Å². The first kappa shape index (κ1) is 16.1. The maximum atomic E-state index is 12.2. The molecule has 114 valence electrons. The van der Waals surface area contributed by atoms with Crippen LogP contribution in [0.5, 0.6) is 5.75 Å². The van der Waals surface area contributed by atoms with Crippen molar-refractivity contribution in [2.45, 2.75) is 13.5 Å². The van der Waals surface area contributed by atoms with Gasteiger partial charge < -0.3 is 10.1 Å². The average molecular weight is 316 g/mol. The molecule has 0 bridgehead atoms. The zero-order chi connectivity index (χ0) is 15.9. The summed E-state index contributed by atoms with van der Waals surface area (Å²) in [4.78, 5) is 12.2. The summed E-state index contributed by atoms with van der Waals surface area (Å²) in [5, 5.41) is 3.55. The first-order chi connectivity index (χ1) is 10.5. The molecule has 0 aliphatic rings. The average Bonchev–Trinajstić information content (AvgIpc) is 2.52. The van der Waals surface area contributed by atoms with E-state index in [4.69, 9.17) is 16.3 Å². The van der Waals surface area contributed by atoms with Gasteiger partial charge in [-0.05, 0) is 48.4 Å². The lowest BCUT2D eigenvalue weighted by atomic mass is 10.2. The van der Waals surface area contributed by atoms with Gasteiger partial charge in [-0.1, -0.05) is 36.4 Å². The maximum absolute atomic E-state index is 12.2. The molecule has 0 unspecified atom stereocenters. The Kier molecular flexibility index (Phi) is 5.61. The maximum Gasteiger partial charge on any atom is 0.251 e. The molecule has 2 aromatic carbocycles. The molecule has 0 aliphatic carbocycles. The van der Waals surface area contributed by atoms with Crippen LogP contribution in [0.25, 0.3) is 0 Å². The standard InChI is InChI=1S/C18H18ClNO2/c1-13(2)12-22-17-5-3-4-15(10-17)18(21)20-11-14-6-8-16(19)9-7-14/h3-10H,1,11-12H2,2H3,(H,20,21). The van der Waals surface area contributed by atoms with E-state index in [0.29, 0.717) is 29.5 Å². The highest BCUT2D eigenvalue weighted by molar-refractivity contribution is 6.30. The number of nitrogens with one attached hydrogen (secondary N) is 1. The Morgan fingerprint density at radius 1 is 1.23 bits per heavy atom. The first-order valence-corrected chi connectivity index (χ1v) is 7.32. The van der Waals surface area contributed by atoms with Gasteiger partial charge in [-0.15, -0.1) is 0 Å². The van der Waals surface area contributed by atoms with Gasteiger partial charge in [-0.2, -0.15) is 0 Å². The van der Waals surface area contributed by atoms with Gasteiger partial charge in [0.1, 0.15) is 12.4 Å². The van der Waals surface area contributed by atoms with Crippen LogP contribution < -0.4 is 10.1 Å². The number of ether oxygens (including phenoxy) is 1. The normalized spacial score (nSPS) is 10.1. The Morgan fingerprint density at radius 2 is 1.95 bits per heavy atom. The topological polar surface area (TPSA) is 38.3 Å². The summed E-state index contributed by atoms with van der Waals surface area (Å²) >= 11 is 5.83. The molecule has 2 rings (SSSR count). The van der Waals surface area contributed by atoms with Crippen molar-refractivity contribution < 1.29 is 9.53 Å². The molecular weight excluding hydrogens is 298 g/mol. The second kappa shape index (κ2) is 7.66. The SMILES string of the molecule is C=C(C)COc1cccc(C(=O)NCc2ccc(Cl)cc2)c1. The molecule has 0 aromatic heterocycles. The van der Waals surface area contributed by atoms with E-state index >= 15 is 0 Å². The van der Waals surface area contributed by atoms with Crippen LogP contribution in [0, 0.1) is 0 Å². The molecule has 0 heterocycles. The third kappa shape index (κ3) is 4.93. The number of halogens is 1. The number of hydrogen-bond acceptors (Lipinski definition) is 2. The quantitative estimate of drug-likeness (QED) is 0.810. The van der Waals surface area contributed by atoms with E-state index in [1.807, 2.05) is 25.1 Å². The molecule has 0 aliphatic heterocycles. The Labute approximate surface area is 135 Å². The summed E-state index contributed by atoms with van der Waals surface area (Å²) < 4.78 is 5.54. The number of carbonyl (C=O) groups is 1. The molecule has 0 atom stereocenters. The fourth-order valence-corrected chi connectivity index (χ4v) is 1.95. The lowest BCUT2D eigenvalue weighted by Crippen LogP contribution is -2.22. The highest BCUT2D eigenvalue weighted by Crippen LogP contribution is 2.14. The summed E-state index contributed by atoms with van der Waals surface area (Å²) in [6.07, 6.45) is 0. The van der Waals surface area contributed by atoms with Crippen molar-refractivity contribution in [1.29, 1.82) is 0 Å². The van der Waals surface area contributed by atoms with Crippen LogP contribution in [0.1, 0.15) is 22.8 Å². The minimum absolute atomic E-state index is 0.143. The monoisotopic (exact) mass is 315 g/mol. The lowest BCUT2D eigenvalue weighted by molar-refractivity contribution is 0.0950. The summed E-state index contributed by atoms with van der Waals surface area (Å²) in [5.74, 6) is 0.512. The lowest BCUT2D eigenvalue weighted by Gasteiger charge is -2.09. The fourth-order valence-electron chi connectivity index (χ4n) is 1.82. The molecule has 3 nitrogen and oxygen atoms in total. The fraction of sp³-hybridized carbons (Fsp3) is 0.167. The van der Waals surface area contributed by atoms with E-state index in [0.717, 1.165) is 11.1 Å². The molecule has 0 saturated heterocycles. The summed E-state index contributed by atoms with van der Waals surface area (Å²) in [7, 11) is 0. The van der Waals surface area contributed by atoms with Crippen LogP contribution in [-0.4, -0.2) is 12.5 Å². The van der Waals surface area contributed by atoms with Crippen LogP contribution in [0.3, 0.4) is 0 Å². The molecule has 0 fully saturated rings. The zero-order valence-electron chi connectivity index (χ0n) is 12.4. The van der Waals surface area contributed by atoms with Gasteiger partial charge in [0.15, 0.2) is 0 Å². The number of carbonyl (C=O) groups excluding carboxylic acids is 1. The Hall–Kier alpha value is -2.26. The van der Waals surface area contributed by atoms with Gasteiger partial charge >= 0.3 is 0 Å². The largest absolute Gasteiger partial charge is 0.489 e. The van der Waals surface area contributed by atoms with E-state index in [1.165, 1.54) is 0 Å². The van der Waals surface area contributed by atoms with Gasteiger partial charge in [0.05, 0.1) is 0 Å². The molecule has 22 heavy (non-hydrogen) atoms. The molecule has 0 saturated carbocycles. The summed E-state index contributed by atoms with van der Waals surface area (Å²) in [6, 6.07) is 14.5. The molecule has 0 radical (unpaired) electrons. The van der Waals surface area contributed by atoms with E-state index in [1.54, 1.807) is 30.3 Å². The van der Waals surface area contributed by atoms with Gasteiger partial charge in [0.25, 0.3) is 5.91 Å². The minimum atomic E-state index is -0.143. The molecule has 1 amide bonds. The van der Waals surface area contributed by atoms with Gasteiger partial charge in [0.2, 0.25) is 0 Å². The Bertz CT molecular complexity index is 665. The summed E-state index contributed by atoms with van der Waals surface area (Å²) in [6.45, 7) is 6.57. The number of benzene rings is 2. The number of rotatable bonds is 6. The number of hydrogen-bond donors (Lipinski definition) is 1. The van der Waals surface area contributed by atoms with Crippen molar-refractivity contribution in [3.8, 4) is 5.75 Å². The second-order valence-electron chi connectivity index (χ2n) is 5.08. The van der Waals surface area contributed by atoms with Gasteiger partial charge in [-0.25, -0.2) is 0 Å². The van der Waals surface area contributed by atoms with Crippen LogP contribution in [0.15, 0.2) is 60.7 Å². The van der Waals surface area contributed by atoms with E-state index in [-0.39, 0.29) is 5.91 Å². The van der Waals surface area contributed by atoms with Gasteiger partial charge in [-0.3, -0.25) is 4.79 Å². The highest BCUT2D eigenvalue weighted by atomic mass is 35.5. The van der Waals surface area contributed by atoms with Crippen molar-refractivity contribution in [1.82, 2.24) is 5.32 Å². The van der Waals surface area contributed by atoms with Crippen LogP contribution in [0.2, 0.25) is 5.02 Å². The molecule has 1 N–H and O–H groups in total. The van der Waals surface area contributed by atoms with Crippen molar-refractivity contribution >= 4 is 17.5 Å². The van der Waals surface area contributed by atoms with E-state index < -0.39 is 0 Å². The highest BCUT2D eigenvalue weighted by Gasteiger charge is 2.06. The van der Waals surface area contributed by atoms with Gasteiger partial charge in [0, 0.05) is 17.1 Å². The Morgan fingerprint density at radius 3 is 2.64 bits per heavy atom. The Balaban J connectivity index is 1.95. The third-order valence-electron chi connectivity index (χ3n) is 2.95. The van der Waals surface area contributed by atoms with Crippen molar-refractivity contribution in [3.05, 3.63) is 76.8 Å². The van der Waals surface area contributed by atoms with Crippen LogP contribution >= 0.6 is 11.6 Å². The van der Waals surface area contributed by atoms with Crippen LogP contribution in [0.4, 0.5) is 0 Å². The number of amides is 1. The minimum Gasteiger partial charge on any atom is -0.489 e. The first-order valence-electron chi connectivity index (χ1n) is 6.94. The molecule has 0 spiro atoms.